The molecule has 1 unspecified atom stereocenters. The van der Waals surface area contributed by atoms with Gasteiger partial charge in [-0.2, -0.15) is 0 Å². The normalized spacial score (nSPS) is 12.7. The number of rotatable bonds is 4. The summed E-state index contributed by atoms with van der Waals surface area (Å²) in [6.45, 7) is 2.92. The second-order valence-electron chi connectivity index (χ2n) is 4.46. The second kappa shape index (κ2) is 5.89. The monoisotopic (exact) mass is 326 g/mol. The van der Waals surface area contributed by atoms with Crippen LogP contribution in [0.4, 0.5) is 5.82 Å². The molecule has 0 fully saturated rings. The minimum absolute atomic E-state index is 0.189. The van der Waals surface area contributed by atoms with E-state index < -0.39 is 0 Å². The Bertz CT molecular complexity index is 542. The van der Waals surface area contributed by atoms with E-state index in [1.807, 2.05) is 31.3 Å². The van der Waals surface area contributed by atoms with Crippen molar-refractivity contribution in [3.8, 4) is 0 Å². The Morgan fingerprint density at radius 1 is 1.33 bits per heavy atom. The molecule has 0 bridgehead atoms. The first-order valence-corrected chi connectivity index (χ1v) is 7.21. The summed E-state index contributed by atoms with van der Waals surface area (Å²) in [6, 6.07) is 8.21. The van der Waals surface area contributed by atoms with Gasteiger partial charge in [-0.05, 0) is 25.5 Å². The van der Waals surface area contributed by atoms with Gasteiger partial charge in [0.15, 0.2) is 0 Å². The second-order valence-corrected chi connectivity index (χ2v) is 6.06. The predicted octanol–water partition coefficient (Wildman–Crippen LogP) is 4.45. The summed E-state index contributed by atoms with van der Waals surface area (Å²) in [5, 5.41) is 2.54. The summed E-state index contributed by atoms with van der Waals surface area (Å²) in [7, 11) is 2.06. The lowest BCUT2D eigenvalue weighted by molar-refractivity contribution is 0.768. The van der Waals surface area contributed by atoms with E-state index in [9.17, 15) is 0 Å². The first kappa shape index (κ1) is 13.6. The summed E-state index contributed by atoms with van der Waals surface area (Å²) in [4.78, 5) is 6.65. The number of anilines is 1. The van der Waals surface area contributed by atoms with Crippen LogP contribution in [0.5, 0.6) is 0 Å². The lowest BCUT2D eigenvalue weighted by Crippen LogP contribution is -2.21. The number of aromatic nitrogens is 1. The molecule has 0 spiro atoms. The molecule has 1 heterocycles. The van der Waals surface area contributed by atoms with Crippen molar-refractivity contribution >= 4 is 44.1 Å². The fourth-order valence-corrected chi connectivity index (χ4v) is 2.53. The van der Waals surface area contributed by atoms with E-state index >= 15 is 0 Å². The first-order valence-electron chi connectivity index (χ1n) is 5.98. The van der Waals surface area contributed by atoms with Crippen LogP contribution in [-0.2, 0) is 0 Å². The molecule has 96 valence electrons. The smallest absolute Gasteiger partial charge is 0.136 e. The van der Waals surface area contributed by atoms with Crippen LogP contribution in [0.2, 0.25) is 0 Å². The molecule has 18 heavy (non-hydrogen) atoms. The van der Waals surface area contributed by atoms with E-state index in [1.165, 1.54) is 5.39 Å². The van der Waals surface area contributed by atoms with E-state index in [0.717, 1.165) is 28.6 Å². The third-order valence-corrected chi connectivity index (χ3v) is 3.87. The number of alkyl halides is 1. The van der Waals surface area contributed by atoms with Gasteiger partial charge in [-0.3, -0.25) is 0 Å². The van der Waals surface area contributed by atoms with E-state index in [4.69, 9.17) is 11.6 Å². The quantitative estimate of drug-likeness (QED) is 0.771. The summed E-state index contributed by atoms with van der Waals surface area (Å²) in [5.74, 6) is 1.01. The van der Waals surface area contributed by atoms with Crippen molar-refractivity contribution in [1.82, 2.24) is 4.98 Å². The Balaban J connectivity index is 2.36. The number of halogens is 2. The molecule has 2 rings (SSSR count). The number of nitrogens with zero attached hydrogens (tertiary/aromatic N) is 2. The van der Waals surface area contributed by atoms with Gasteiger partial charge in [0.2, 0.25) is 0 Å². The minimum Gasteiger partial charge on any atom is -0.359 e. The van der Waals surface area contributed by atoms with E-state index in [0.29, 0.717) is 0 Å². The summed E-state index contributed by atoms with van der Waals surface area (Å²) < 4.78 is 1.10. The molecule has 1 aromatic heterocycles. The van der Waals surface area contributed by atoms with Gasteiger partial charge in [-0.15, -0.1) is 11.6 Å². The van der Waals surface area contributed by atoms with Crippen molar-refractivity contribution < 1.29 is 0 Å². The predicted molar refractivity (Wildman–Crippen MR) is 82.6 cm³/mol. The molecule has 2 aromatic rings. The molecule has 0 aliphatic rings. The lowest BCUT2D eigenvalue weighted by Gasteiger charge is -2.20. The summed E-state index contributed by atoms with van der Waals surface area (Å²) >= 11 is 9.57. The van der Waals surface area contributed by atoms with E-state index in [-0.39, 0.29) is 5.38 Å². The van der Waals surface area contributed by atoms with Crippen LogP contribution in [0, 0.1) is 0 Å². The van der Waals surface area contributed by atoms with Gasteiger partial charge in [-0.25, -0.2) is 4.98 Å². The summed E-state index contributed by atoms with van der Waals surface area (Å²) in [6.07, 6.45) is 2.80. The third kappa shape index (κ3) is 2.96. The Kier molecular flexibility index (Phi) is 4.46. The van der Waals surface area contributed by atoms with Crippen molar-refractivity contribution in [2.45, 2.75) is 18.7 Å². The van der Waals surface area contributed by atoms with E-state index in [1.54, 1.807) is 0 Å². The van der Waals surface area contributed by atoms with Crippen LogP contribution in [0.1, 0.15) is 13.3 Å². The third-order valence-electron chi connectivity index (χ3n) is 2.96. The molecule has 0 amide bonds. The first-order chi connectivity index (χ1) is 8.59. The van der Waals surface area contributed by atoms with Gasteiger partial charge in [0.05, 0.1) is 0 Å². The molecule has 1 aromatic carbocycles. The van der Waals surface area contributed by atoms with E-state index in [2.05, 4.69) is 38.9 Å². The lowest BCUT2D eigenvalue weighted by atomic mass is 10.1. The van der Waals surface area contributed by atoms with Crippen molar-refractivity contribution in [2.24, 2.45) is 0 Å². The zero-order valence-electron chi connectivity index (χ0n) is 10.5. The fourth-order valence-electron chi connectivity index (χ4n) is 1.93. The van der Waals surface area contributed by atoms with Crippen LogP contribution in [-0.4, -0.2) is 24.0 Å². The van der Waals surface area contributed by atoms with Crippen molar-refractivity contribution in [3.63, 3.8) is 0 Å². The maximum atomic E-state index is 6.00. The minimum atomic E-state index is 0.189. The van der Waals surface area contributed by atoms with Crippen molar-refractivity contribution in [1.29, 1.82) is 0 Å². The number of hydrogen-bond acceptors (Lipinski definition) is 2. The van der Waals surface area contributed by atoms with Gasteiger partial charge < -0.3 is 4.90 Å². The van der Waals surface area contributed by atoms with Gasteiger partial charge in [0.25, 0.3) is 0 Å². The largest absolute Gasteiger partial charge is 0.359 e. The molecular weight excluding hydrogens is 312 g/mol. The number of fused-ring (bicyclic) bond motifs is 1. The number of benzene rings is 1. The van der Waals surface area contributed by atoms with Gasteiger partial charge in [0.1, 0.15) is 5.82 Å². The average molecular weight is 328 g/mol. The molecule has 0 saturated heterocycles. The van der Waals surface area contributed by atoms with Crippen molar-refractivity contribution in [2.75, 3.05) is 18.5 Å². The van der Waals surface area contributed by atoms with Crippen LogP contribution in [0.15, 0.2) is 34.9 Å². The zero-order valence-corrected chi connectivity index (χ0v) is 12.9. The number of hydrogen-bond donors (Lipinski definition) is 0. The molecule has 0 N–H and O–H groups in total. The molecule has 1 atom stereocenters. The number of pyridine rings is 1. The highest BCUT2D eigenvalue weighted by molar-refractivity contribution is 9.10. The zero-order chi connectivity index (χ0) is 13.1. The highest BCUT2D eigenvalue weighted by Gasteiger charge is 2.09. The summed E-state index contributed by atoms with van der Waals surface area (Å²) in [5.41, 5.74) is 0. The van der Waals surface area contributed by atoms with Crippen LogP contribution in [0.3, 0.4) is 0 Å². The molecule has 4 heteroatoms. The van der Waals surface area contributed by atoms with Crippen molar-refractivity contribution in [3.05, 3.63) is 34.9 Å². The van der Waals surface area contributed by atoms with Gasteiger partial charge in [-0.1, -0.05) is 28.1 Å². The van der Waals surface area contributed by atoms with Gasteiger partial charge >= 0.3 is 0 Å². The molecule has 0 radical (unpaired) electrons. The average Bonchev–Trinajstić information content (AvgIpc) is 2.36. The SMILES string of the molecule is CC(Cl)CCN(C)c1nccc2c(Br)cccc12. The molecule has 0 saturated carbocycles. The molecule has 0 aliphatic carbocycles. The van der Waals surface area contributed by atoms with Crippen LogP contribution in [0.25, 0.3) is 10.8 Å². The highest BCUT2D eigenvalue weighted by Crippen LogP contribution is 2.29. The van der Waals surface area contributed by atoms with Gasteiger partial charge in [0, 0.05) is 40.4 Å². The Labute approximate surface area is 121 Å². The fraction of sp³-hybridized carbons (Fsp3) is 0.357. The standard InChI is InChI=1S/C14H16BrClN2/c1-10(16)7-9-18(2)14-12-4-3-5-13(15)11(12)6-8-17-14/h3-6,8,10H,7,9H2,1-2H3. The topological polar surface area (TPSA) is 16.1 Å². The maximum absolute atomic E-state index is 6.00. The Morgan fingerprint density at radius 2 is 2.11 bits per heavy atom. The van der Waals surface area contributed by atoms with Crippen LogP contribution >= 0.6 is 27.5 Å². The highest BCUT2D eigenvalue weighted by atomic mass is 79.9. The Hall–Kier alpha value is -0.800. The molecule has 2 nitrogen and oxygen atoms in total. The van der Waals surface area contributed by atoms with Crippen LogP contribution < -0.4 is 4.90 Å². The molecular formula is C14H16BrClN2. The molecule has 0 aliphatic heterocycles. The maximum Gasteiger partial charge on any atom is 0.136 e. The Morgan fingerprint density at radius 3 is 2.83 bits per heavy atom.